The summed E-state index contributed by atoms with van der Waals surface area (Å²) in [5, 5.41) is 0. The van der Waals surface area contributed by atoms with Gasteiger partial charge in [-0.1, -0.05) is 13.0 Å². The second-order valence-electron chi connectivity index (χ2n) is 5.60. The summed E-state index contributed by atoms with van der Waals surface area (Å²) in [6.07, 6.45) is 0.651. The number of anilines is 2. The summed E-state index contributed by atoms with van der Waals surface area (Å²) in [6.45, 7) is 2.56. The van der Waals surface area contributed by atoms with E-state index in [1.807, 2.05) is 13.0 Å². The number of hydrogen-bond donors (Lipinski definition) is 2. The molecule has 0 aliphatic heterocycles. The number of rotatable bonds is 7. The van der Waals surface area contributed by atoms with Crippen molar-refractivity contribution in [2.45, 2.75) is 19.9 Å². The third-order valence-electron chi connectivity index (χ3n) is 3.77. The summed E-state index contributed by atoms with van der Waals surface area (Å²) in [4.78, 5) is 41.0. The van der Waals surface area contributed by atoms with Gasteiger partial charge >= 0.3 is 5.69 Å². The fraction of sp³-hybridized carbons (Fsp3) is 0.353. The van der Waals surface area contributed by atoms with E-state index >= 15 is 0 Å². The molecule has 26 heavy (non-hydrogen) atoms. The molecule has 9 heteroatoms. The fourth-order valence-electron chi connectivity index (χ4n) is 2.56. The number of amides is 1. The molecule has 0 saturated heterocycles. The van der Waals surface area contributed by atoms with E-state index in [0.717, 1.165) is 3.57 Å². The molecular formula is C17H21IN4O4. The van der Waals surface area contributed by atoms with Crippen LogP contribution in [-0.4, -0.2) is 35.7 Å². The van der Waals surface area contributed by atoms with Gasteiger partial charge in [-0.05, 0) is 47.2 Å². The molecule has 3 N–H and O–H groups in total. The Labute approximate surface area is 164 Å². The van der Waals surface area contributed by atoms with Crippen molar-refractivity contribution in [1.29, 1.82) is 0 Å². The monoisotopic (exact) mass is 472 g/mol. The van der Waals surface area contributed by atoms with Crippen molar-refractivity contribution in [2.75, 3.05) is 30.9 Å². The van der Waals surface area contributed by atoms with Gasteiger partial charge in [0.25, 0.3) is 11.5 Å². The zero-order valence-corrected chi connectivity index (χ0v) is 16.8. The Morgan fingerprint density at radius 2 is 2.12 bits per heavy atom. The zero-order valence-electron chi connectivity index (χ0n) is 14.6. The Balaban J connectivity index is 2.60. The molecule has 140 valence electrons. The molecule has 2 aromatic rings. The number of nitrogens with zero attached hydrogens (tertiary/aromatic N) is 2. The first-order chi connectivity index (χ1) is 12.4. The van der Waals surface area contributed by atoms with E-state index in [1.54, 1.807) is 18.2 Å². The number of nitrogens with two attached hydrogens (primary N) is 1. The lowest BCUT2D eigenvalue weighted by atomic mass is 10.2. The van der Waals surface area contributed by atoms with Gasteiger partial charge in [-0.3, -0.25) is 24.0 Å². The minimum atomic E-state index is -0.699. The van der Waals surface area contributed by atoms with Gasteiger partial charge < -0.3 is 10.5 Å². The molecule has 0 fully saturated rings. The maximum absolute atomic E-state index is 13.0. The summed E-state index contributed by atoms with van der Waals surface area (Å²) in [7, 11) is 1.50. The van der Waals surface area contributed by atoms with Crippen molar-refractivity contribution in [3.63, 3.8) is 0 Å². The van der Waals surface area contributed by atoms with Crippen LogP contribution in [0, 0.1) is 3.57 Å². The minimum Gasteiger partial charge on any atom is -0.383 e. The number of aromatic nitrogens is 2. The number of nitrogens with one attached hydrogen (secondary N) is 1. The van der Waals surface area contributed by atoms with Gasteiger partial charge in [-0.15, -0.1) is 0 Å². The second-order valence-corrected chi connectivity index (χ2v) is 6.85. The van der Waals surface area contributed by atoms with Gasteiger partial charge in [-0.25, -0.2) is 4.79 Å². The number of nitrogen functional groups attached to an aromatic ring is 1. The van der Waals surface area contributed by atoms with E-state index in [-0.39, 0.29) is 30.6 Å². The predicted molar refractivity (Wildman–Crippen MR) is 109 cm³/mol. The number of H-pyrrole nitrogens is 1. The predicted octanol–water partition coefficient (Wildman–Crippen LogP) is 1.43. The first kappa shape index (κ1) is 20.2. The normalized spacial score (nSPS) is 10.7. The smallest absolute Gasteiger partial charge is 0.330 e. The maximum atomic E-state index is 13.0. The van der Waals surface area contributed by atoms with E-state index in [2.05, 4.69) is 27.6 Å². The van der Waals surface area contributed by atoms with E-state index in [4.69, 9.17) is 10.5 Å². The van der Waals surface area contributed by atoms with Crippen LogP contribution >= 0.6 is 22.6 Å². The van der Waals surface area contributed by atoms with E-state index in [1.165, 1.54) is 16.6 Å². The molecule has 1 aromatic heterocycles. The molecule has 0 radical (unpaired) electrons. The Bertz CT molecular complexity index is 906. The first-order valence-electron chi connectivity index (χ1n) is 8.09. The molecule has 8 nitrogen and oxygen atoms in total. The molecule has 0 atom stereocenters. The molecule has 0 spiro atoms. The summed E-state index contributed by atoms with van der Waals surface area (Å²) in [5.74, 6) is -0.421. The van der Waals surface area contributed by atoms with Gasteiger partial charge in [0.1, 0.15) is 5.82 Å². The average Bonchev–Trinajstić information content (AvgIpc) is 2.60. The summed E-state index contributed by atoms with van der Waals surface area (Å²) < 4.78 is 7.22. The summed E-state index contributed by atoms with van der Waals surface area (Å²) in [5.41, 5.74) is 5.18. The lowest BCUT2D eigenvalue weighted by Gasteiger charge is -2.24. The van der Waals surface area contributed by atoms with Crippen LogP contribution in [-0.2, 0) is 11.3 Å². The van der Waals surface area contributed by atoms with Gasteiger partial charge in [0.2, 0.25) is 0 Å². The largest absolute Gasteiger partial charge is 0.383 e. The number of aromatic amines is 1. The average molecular weight is 472 g/mol. The molecule has 0 unspecified atom stereocenters. The van der Waals surface area contributed by atoms with Crippen LogP contribution in [0.2, 0.25) is 0 Å². The molecule has 0 aliphatic rings. The van der Waals surface area contributed by atoms with Gasteiger partial charge in [0, 0.05) is 29.3 Å². The highest BCUT2D eigenvalue weighted by Crippen LogP contribution is 2.20. The van der Waals surface area contributed by atoms with Gasteiger partial charge in [0.15, 0.2) is 5.69 Å². The van der Waals surface area contributed by atoms with Crippen molar-refractivity contribution in [3.8, 4) is 0 Å². The Morgan fingerprint density at radius 3 is 2.73 bits per heavy atom. The highest BCUT2D eigenvalue weighted by molar-refractivity contribution is 14.1. The molecule has 0 aliphatic carbocycles. The molecule has 1 aromatic carbocycles. The quantitative estimate of drug-likeness (QED) is 0.593. The van der Waals surface area contributed by atoms with Crippen molar-refractivity contribution in [1.82, 2.24) is 9.55 Å². The lowest BCUT2D eigenvalue weighted by Crippen LogP contribution is -2.42. The number of carbonyl (C=O) groups excluding carboxylic acids is 1. The summed E-state index contributed by atoms with van der Waals surface area (Å²) in [6, 6.07) is 7.00. The minimum absolute atomic E-state index is 0.0318. The molecule has 1 heterocycles. The molecular weight excluding hydrogens is 451 g/mol. The van der Waals surface area contributed by atoms with Gasteiger partial charge in [0.05, 0.1) is 6.61 Å². The molecule has 0 bridgehead atoms. The highest BCUT2D eigenvalue weighted by Gasteiger charge is 2.25. The van der Waals surface area contributed by atoms with Crippen molar-refractivity contribution < 1.29 is 9.53 Å². The standard InChI is InChI=1S/C17H21IN4O4/c1-3-7-22-14(19)13(15(23)20-17(22)25)21(8-9-26-2)16(24)11-5-4-6-12(18)10-11/h4-6,10H,3,7-9,19H2,1-2H3,(H,20,23,25). The zero-order chi connectivity index (χ0) is 19.3. The topological polar surface area (TPSA) is 110 Å². The van der Waals surface area contributed by atoms with Crippen LogP contribution < -0.4 is 21.9 Å². The highest BCUT2D eigenvalue weighted by atomic mass is 127. The van der Waals surface area contributed by atoms with Gasteiger partial charge in [-0.2, -0.15) is 0 Å². The summed E-state index contributed by atoms with van der Waals surface area (Å²) >= 11 is 2.11. The van der Waals surface area contributed by atoms with E-state index < -0.39 is 11.2 Å². The van der Waals surface area contributed by atoms with E-state index in [0.29, 0.717) is 18.5 Å². The first-order valence-corrected chi connectivity index (χ1v) is 9.17. The number of ether oxygens (including phenoxy) is 1. The van der Waals surface area contributed by atoms with Crippen LogP contribution in [0.1, 0.15) is 23.7 Å². The van der Waals surface area contributed by atoms with Crippen molar-refractivity contribution >= 4 is 40.0 Å². The Hall–Kier alpha value is -2.14. The second kappa shape index (κ2) is 8.99. The Morgan fingerprint density at radius 1 is 1.38 bits per heavy atom. The lowest BCUT2D eigenvalue weighted by molar-refractivity contribution is 0.0975. The number of hydrogen-bond acceptors (Lipinski definition) is 5. The molecule has 0 saturated carbocycles. The van der Waals surface area contributed by atoms with E-state index in [9.17, 15) is 14.4 Å². The fourth-order valence-corrected chi connectivity index (χ4v) is 3.10. The van der Waals surface area contributed by atoms with Crippen molar-refractivity contribution in [3.05, 3.63) is 54.2 Å². The van der Waals surface area contributed by atoms with Crippen LogP contribution in [0.4, 0.5) is 11.5 Å². The number of carbonyl (C=O) groups is 1. The third-order valence-corrected chi connectivity index (χ3v) is 4.44. The molecule has 1 amide bonds. The van der Waals surface area contributed by atoms with Crippen LogP contribution in [0.15, 0.2) is 33.9 Å². The third kappa shape index (κ3) is 4.33. The number of methoxy groups -OCH3 is 1. The number of benzene rings is 1. The Kier molecular flexibility index (Phi) is 6.98. The van der Waals surface area contributed by atoms with Crippen LogP contribution in [0.3, 0.4) is 0 Å². The number of halogens is 1. The van der Waals surface area contributed by atoms with Crippen LogP contribution in [0.5, 0.6) is 0 Å². The molecule has 2 rings (SSSR count). The SMILES string of the molecule is CCCn1c(N)c(N(CCOC)C(=O)c2cccc(I)c2)c(=O)[nH]c1=O. The van der Waals surface area contributed by atoms with Crippen LogP contribution in [0.25, 0.3) is 0 Å². The maximum Gasteiger partial charge on any atom is 0.330 e. The van der Waals surface area contributed by atoms with Crippen molar-refractivity contribution in [2.24, 2.45) is 0 Å².